The van der Waals surface area contributed by atoms with Gasteiger partial charge in [0, 0.05) is 5.69 Å². The zero-order valence-electron chi connectivity index (χ0n) is 9.70. The summed E-state index contributed by atoms with van der Waals surface area (Å²) in [6.07, 6.45) is 0.741. The summed E-state index contributed by atoms with van der Waals surface area (Å²) in [6, 6.07) is 1.78. The lowest BCUT2D eigenvalue weighted by molar-refractivity contribution is 0.209. The molecule has 0 saturated heterocycles. The van der Waals surface area contributed by atoms with E-state index >= 15 is 0 Å². The highest BCUT2D eigenvalue weighted by Crippen LogP contribution is 2.25. The quantitative estimate of drug-likeness (QED) is 0.824. The molecule has 0 radical (unpaired) electrons. The van der Waals surface area contributed by atoms with Crippen LogP contribution >= 0.6 is 0 Å². The van der Waals surface area contributed by atoms with E-state index in [0.29, 0.717) is 11.6 Å². The molecule has 5 nitrogen and oxygen atoms in total. The molecule has 1 rings (SSSR count). The first-order chi connectivity index (χ1) is 7.58. The monoisotopic (exact) mass is 224 g/mol. The number of nitrogens with zero attached hydrogens (tertiary/aromatic N) is 1. The van der Waals surface area contributed by atoms with Crippen molar-refractivity contribution < 1.29 is 14.6 Å². The molecule has 0 saturated carbocycles. The molecule has 1 heterocycles. The van der Waals surface area contributed by atoms with E-state index in [1.54, 1.807) is 6.07 Å². The number of nitrogens with one attached hydrogen (secondary N) is 1. The average Bonchev–Trinajstić information content (AvgIpc) is 2.22. The second-order valence-electron chi connectivity index (χ2n) is 3.47. The average molecular weight is 224 g/mol. The first-order valence-electron chi connectivity index (χ1n) is 5.13. The van der Waals surface area contributed by atoms with Crippen molar-refractivity contribution in [3.8, 4) is 5.88 Å². The summed E-state index contributed by atoms with van der Waals surface area (Å²) in [5.41, 5.74) is 2.30. The van der Waals surface area contributed by atoms with Gasteiger partial charge < -0.3 is 9.84 Å². The fraction of sp³-hybridized carbons (Fsp3) is 0.455. The molecule has 1 amide bonds. The minimum atomic E-state index is -1.12. The number of ether oxygens (including phenoxy) is 1. The number of hydrogen-bond acceptors (Lipinski definition) is 3. The maximum atomic E-state index is 10.6. The molecule has 1 aromatic rings. The predicted molar refractivity (Wildman–Crippen MR) is 61.2 cm³/mol. The van der Waals surface area contributed by atoms with Gasteiger partial charge in [-0.3, -0.25) is 5.32 Å². The highest BCUT2D eigenvalue weighted by Gasteiger charge is 2.11. The van der Waals surface area contributed by atoms with Crippen LogP contribution in [0.4, 0.5) is 10.5 Å². The number of amides is 1. The molecule has 5 heteroatoms. The normalized spacial score (nSPS) is 9.94. The summed E-state index contributed by atoms with van der Waals surface area (Å²) in [5.74, 6) is 0.305. The lowest BCUT2D eigenvalue weighted by atomic mass is 10.1. The third kappa shape index (κ3) is 2.85. The Morgan fingerprint density at radius 1 is 1.62 bits per heavy atom. The van der Waals surface area contributed by atoms with E-state index in [4.69, 9.17) is 9.84 Å². The van der Waals surface area contributed by atoms with E-state index in [1.807, 2.05) is 6.92 Å². The molecule has 88 valence electrons. The van der Waals surface area contributed by atoms with E-state index in [-0.39, 0.29) is 0 Å². The lowest BCUT2D eigenvalue weighted by Gasteiger charge is -2.11. The molecule has 0 spiro atoms. The zero-order valence-corrected chi connectivity index (χ0v) is 9.70. The molecule has 0 aliphatic rings. The lowest BCUT2D eigenvalue weighted by Crippen LogP contribution is -2.10. The number of carboxylic acid groups (broad SMARTS) is 1. The molecule has 0 atom stereocenters. The number of anilines is 1. The highest BCUT2D eigenvalue weighted by molar-refractivity contribution is 5.84. The van der Waals surface area contributed by atoms with Crippen molar-refractivity contribution in [2.45, 2.75) is 26.7 Å². The first-order valence-corrected chi connectivity index (χ1v) is 5.13. The molecule has 2 N–H and O–H groups in total. The summed E-state index contributed by atoms with van der Waals surface area (Å²) in [5, 5.41) is 11.0. The first kappa shape index (κ1) is 12.3. The van der Waals surface area contributed by atoms with Crippen molar-refractivity contribution in [2.75, 3.05) is 12.4 Å². The van der Waals surface area contributed by atoms with Gasteiger partial charge in [-0.2, -0.15) is 0 Å². The standard InChI is InChI=1S/C11H16N2O3/c1-4-5-8-6-9(13-11(14)15)10(16-3)12-7(8)2/h6,13H,4-5H2,1-3H3,(H,14,15). The Morgan fingerprint density at radius 3 is 2.81 bits per heavy atom. The van der Waals surface area contributed by atoms with Crippen molar-refractivity contribution in [1.29, 1.82) is 0 Å². The van der Waals surface area contributed by atoms with Gasteiger partial charge in [0.1, 0.15) is 5.69 Å². The number of hydrogen-bond donors (Lipinski definition) is 2. The molecule has 16 heavy (non-hydrogen) atoms. The van der Waals surface area contributed by atoms with E-state index in [2.05, 4.69) is 17.2 Å². The van der Waals surface area contributed by atoms with Gasteiger partial charge in [-0.15, -0.1) is 0 Å². The van der Waals surface area contributed by atoms with Gasteiger partial charge in [0.25, 0.3) is 0 Å². The van der Waals surface area contributed by atoms with Crippen LogP contribution in [0, 0.1) is 6.92 Å². The second kappa shape index (κ2) is 5.34. The predicted octanol–water partition coefficient (Wildman–Crippen LogP) is 2.44. The fourth-order valence-corrected chi connectivity index (χ4v) is 1.51. The number of methoxy groups -OCH3 is 1. The minimum Gasteiger partial charge on any atom is -0.480 e. The number of pyridine rings is 1. The van der Waals surface area contributed by atoms with Gasteiger partial charge in [-0.05, 0) is 25.0 Å². The molecule has 0 aliphatic carbocycles. The Balaban J connectivity index is 3.12. The van der Waals surface area contributed by atoms with Crippen LogP contribution in [-0.4, -0.2) is 23.3 Å². The van der Waals surface area contributed by atoms with Crippen molar-refractivity contribution >= 4 is 11.8 Å². The van der Waals surface area contributed by atoms with Gasteiger partial charge in [0.15, 0.2) is 0 Å². The van der Waals surface area contributed by atoms with Crippen LogP contribution < -0.4 is 10.1 Å². The molecule has 0 aromatic carbocycles. The Morgan fingerprint density at radius 2 is 2.31 bits per heavy atom. The maximum Gasteiger partial charge on any atom is 0.409 e. The summed E-state index contributed by atoms with van der Waals surface area (Å²) in [7, 11) is 1.47. The Kier molecular flexibility index (Phi) is 4.10. The Labute approximate surface area is 94.5 Å². The van der Waals surface area contributed by atoms with Crippen LogP contribution in [-0.2, 0) is 6.42 Å². The van der Waals surface area contributed by atoms with Crippen molar-refractivity contribution in [3.05, 3.63) is 17.3 Å². The van der Waals surface area contributed by atoms with Crippen LogP contribution in [0.1, 0.15) is 24.6 Å². The van der Waals surface area contributed by atoms with E-state index < -0.39 is 6.09 Å². The van der Waals surface area contributed by atoms with Crippen LogP contribution in [0.15, 0.2) is 6.07 Å². The summed E-state index contributed by atoms with van der Waals surface area (Å²) in [4.78, 5) is 14.8. The van der Waals surface area contributed by atoms with Crippen molar-refractivity contribution in [3.63, 3.8) is 0 Å². The van der Waals surface area contributed by atoms with Crippen LogP contribution in [0.2, 0.25) is 0 Å². The number of aromatic nitrogens is 1. The third-order valence-electron chi connectivity index (χ3n) is 2.24. The molecule has 0 bridgehead atoms. The summed E-state index contributed by atoms with van der Waals surface area (Å²) in [6.45, 7) is 3.95. The number of carbonyl (C=O) groups is 1. The molecule has 0 fully saturated rings. The van der Waals surface area contributed by atoms with Gasteiger partial charge >= 0.3 is 6.09 Å². The second-order valence-corrected chi connectivity index (χ2v) is 3.47. The van der Waals surface area contributed by atoms with E-state index in [9.17, 15) is 4.79 Å². The molecule has 1 aromatic heterocycles. The SMILES string of the molecule is CCCc1cc(NC(=O)O)c(OC)nc1C. The van der Waals surface area contributed by atoms with Crippen molar-refractivity contribution in [1.82, 2.24) is 4.98 Å². The third-order valence-corrected chi connectivity index (χ3v) is 2.24. The fourth-order valence-electron chi connectivity index (χ4n) is 1.51. The maximum absolute atomic E-state index is 10.6. The molecular weight excluding hydrogens is 208 g/mol. The van der Waals surface area contributed by atoms with Gasteiger partial charge in [-0.1, -0.05) is 13.3 Å². The summed E-state index contributed by atoms with van der Waals surface area (Å²) >= 11 is 0. The highest BCUT2D eigenvalue weighted by atomic mass is 16.5. The smallest absolute Gasteiger partial charge is 0.409 e. The molecule has 0 aliphatic heterocycles. The number of aryl methyl sites for hydroxylation is 2. The Bertz CT molecular complexity index is 391. The van der Waals surface area contributed by atoms with Crippen LogP contribution in [0.5, 0.6) is 5.88 Å². The molecular formula is C11H16N2O3. The van der Waals surface area contributed by atoms with Crippen LogP contribution in [0.3, 0.4) is 0 Å². The minimum absolute atomic E-state index is 0.305. The van der Waals surface area contributed by atoms with Crippen LogP contribution in [0.25, 0.3) is 0 Å². The topological polar surface area (TPSA) is 71.5 Å². The largest absolute Gasteiger partial charge is 0.480 e. The van der Waals surface area contributed by atoms with Crippen molar-refractivity contribution in [2.24, 2.45) is 0 Å². The number of rotatable bonds is 4. The van der Waals surface area contributed by atoms with E-state index in [0.717, 1.165) is 24.1 Å². The zero-order chi connectivity index (χ0) is 12.1. The van der Waals surface area contributed by atoms with Gasteiger partial charge in [0.2, 0.25) is 5.88 Å². The van der Waals surface area contributed by atoms with Gasteiger partial charge in [-0.25, -0.2) is 9.78 Å². The summed E-state index contributed by atoms with van der Waals surface area (Å²) < 4.78 is 5.02. The van der Waals surface area contributed by atoms with Gasteiger partial charge in [0.05, 0.1) is 7.11 Å². The van der Waals surface area contributed by atoms with E-state index in [1.165, 1.54) is 7.11 Å². The molecule has 0 unspecified atom stereocenters. The Hall–Kier alpha value is -1.78.